The molecule has 2 amide bonds. The van der Waals surface area contributed by atoms with Gasteiger partial charge in [-0.25, -0.2) is 4.79 Å². The van der Waals surface area contributed by atoms with Crippen LogP contribution in [-0.4, -0.2) is 90.6 Å². The second kappa shape index (κ2) is 8.75. The topological polar surface area (TPSA) is 30.0 Å². The number of likely N-dealkylation sites (tertiary alicyclic amines) is 1. The Morgan fingerprint density at radius 3 is 2.31 bits per heavy atom. The smallest absolute Gasteiger partial charge is 0.319 e. The first-order chi connectivity index (χ1) is 12.3. The molecule has 0 atom stereocenters. The number of allylic oxidation sites excluding steroid dienone is 1. The van der Waals surface area contributed by atoms with Crippen LogP contribution < -0.4 is 0 Å². The average molecular weight is 365 g/mol. The van der Waals surface area contributed by atoms with E-state index in [-0.39, 0.29) is 17.0 Å². The lowest BCUT2D eigenvalue weighted by molar-refractivity contribution is -0.0320. The summed E-state index contributed by atoms with van der Waals surface area (Å²) in [5.41, 5.74) is 0.501. The van der Waals surface area contributed by atoms with Crippen LogP contribution >= 0.6 is 0 Å². The lowest BCUT2D eigenvalue weighted by atomic mass is 9.82. The number of piperazine rings is 1. The minimum Gasteiger partial charge on any atom is -0.325 e. The number of urea groups is 1. The lowest BCUT2D eigenvalue weighted by Gasteiger charge is -2.54. The van der Waals surface area contributed by atoms with Gasteiger partial charge in [0.1, 0.15) is 0 Å². The van der Waals surface area contributed by atoms with Crippen molar-refractivity contribution in [1.82, 2.24) is 19.6 Å². The number of hydrogen-bond acceptors (Lipinski definition) is 3. The first kappa shape index (κ1) is 21.2. The van der Waals surface area contributed by atoms with Crippen molar-refractivity contribution < 1.29 is 4.79 Å². The predicted molar refractivity (Wildman–Crippen MR) is 110 cm³/mol. The molecule has 0 unspecified atom stereocenters. The Morgan fingerprint density at radius 1 is 1.15 bits per heavy atom. The molecule has 26 heavy (non-hydrogen) atoms. The molecule has 0 N–H and O–H groups in total. The van der Waals surface area contributed by atoms with Gasteiger partial charge in [-0.2, -0.15) is 0 Å². The molecule has 2 saturated heterocycles. The third-order valence-corrected chi connectivity index (χ3v) is 6.43. The molecule has 0 aliphatic carbocycles. The molecule has 2 heterocycles. The summed E-state index contributed by atoms with van der Waals surface area (Å²) in [4.78, 5) is 21.9. The maximum atomic E-state index is 12.7. The molecule has 2 rings (SSSR count). The Bertz CT molecular complexity index is 478. The molecule has 5 nitrogen and oxygen atoms in total. The summed E-state index contributed by atoms with van der Waals surface area (Å²) in [5.74, 6) is 0. The van der Waals surface area contributed by atoms with Crippen molar-refractivity contribution in [3.8, 4) is 0 Å². The molecular weight excluding hydrogens is 324 g/mol. The average Bonchev–Trinajstić information content (AvgIpc) is 2.59. The Morgan fingerprint density at radius 2 is 1.77 bits per heavy atom. The summed E-state index contributed by atoms with van der Waals surface area (Å²) < 4.78 is 0. The second-order valence-corrected chi connectivity index (χ2v) is 8.96. The highest BCUT2D eigenvalue weighted by Gasteiger charge is 2.43. The van der Waals surface area contributed by atoms with E-state index in [1.165, 1.54) is 0 Å². The molecule has 0 radical (unpaired) electrons. The van der Waals surface area contributed by atoms with Crippen LogP contribution in [0.5, 0.6) is 0 Å². The van der Waals surface area contributed by atoms with E-state index < -0.39 is 0 Å². The lowest BCUT2D eigenvalue weighted by Crippen LogP contribution is -2.65. The van der Waals surface area contributed by atoms with E-state index in [0.29, 0.717) is 0 Å². The van der Waals surface area contributed by atoms with Crippen LogP contribution in [0.1, 0.15) is 47.0 Å². The summed E-state index contributed by atoms with van der Waals surface area (Å²) in [6.45, 7) is 20.6. The highest BCUT2D eigenvalue weighted by molar-refractivity contribution is 5.74. The summed E-state index contributed by atoms with van der Waals surface area (Å²) >= 11 is 0. The quantitative estimate of drug-likeness (QED) is 0.678. The van der Waals surface area contributed by atoms with Crippen molar-refractivity contribution in [1.29, 1.82) is 0 Å². The maximum absolute atomic E-state index is 12.7. The molecule has 1 spiro atoms. The Kier molecular flexibility index (Phi) is 7.14. The number of carbonyl (C=O) groups is 1. The van der Waals surface area contributed by atoms with E-state index in [1.54, 1.807) is 0 Å². The fraction of sp³-hybridized carbons (Fsp3) is 0.857. The fourth-order valence-corrected chi connectivity index (χ4v) is 4.69. The van der Waals surface area contributed by atoms with Crippen LogP contribution in [0.4, 0.5) is 4.79 Å². The van der Waals surface area contributed by atoms with Gasteiger partial charge in [0.05, 0.1) is 0 Å². The zero-order valence-corrected chi connectivity index (χ0v) is 17.8. The monoisotopic (exact) mass is 364 g/mol. The van der Waals surface area contributed by atoms with Crippen LogP contribution in [0.3, 0.4) is 0 Å². The number of rotatable bonds is 6. The molecule has 2 fully saturated rings. The number of hydrogen-bond donors (Lipinski definition) is 0. The van der Waals surface area contributed by atoms with Crippen molar-refractivity contribution in [3.05, 3.63) is 12.7 Å². The van der Waals surface area contributed by atoms with E-state index in [0.717, 1.165) is 71.6 Å². The van der Waals surface area contributed by atoms with E-state index >= 15 is 0 Å². The van der Waals surface area contributed by atoms with E-state index in [4.69, 9.17) is 0 Å². The van der Waals surface area contributed by atoms with E-state index in [2.05, 4.69) is 56.0 Å². The number of piperidine rings is 1. The minimum absolute atomic E-state index is 0.215. The van der Waals surface area contributed by atoms with Crippen molar-refractivity contribution in [3.63, 3.8) is 0 Å². The third kappa shape index (κ3) is 4.80. The summed E-state index contributed by atoms with van der Waals surface area (Å²) in [6, 6.07) is 0.215. The fourth-order valence-electron chi connectivity index (χ4n) is 4.69. The molecular formula is C21H40N4O. The minimum atomic E-state index is 0.215. The normalized spacial score (nSPS) is 21.8. The second-order valence-electron chi connectivity index (χ2n) is 8.96. The Labute approximate surface area is 161 Å². The van der Waals surface area contributed by atoms with Gasteiger partial charge in [0.15, 0.2) is 0 Å². The van der Waals surface area contributed by atoms with Crippen LogP contribution in [0, 0.1) is 5.41 Å². The van der Waals surface area contributed by atoms with Gasteiger partial charge >= 0.3 is 6.03 Å². The van der Waals surface area contributed by atoms with Gasteiger partial charge < -0.3 is 9.80 Å². The predicted octanol–water partition coefficient (Wildman–Crippen LogP) is 3.13. The number of nitrogens with zero attached hydrogens (tertiary/aromatic N) is 4. The number of amides is 2. The maximum Gasteiger partial charge on any atom is 0.319 e. The molecule has 2 aliphatic rings. The molecule has 0 aromatic rings. The van der Waals surface area contributed by atoms with Gasteiger partial charge in [-0.1, -0.05) is 19.9 Å². The van der Waals surface area contributed by atoms with Crippen molar-refractivity contribution in [2.24, 2.45) is 5.41 Å². The highest BCUT2D eigenvalue weighted by atomic mass is 16.2. The molecule has 0 bridgehead atoms. The van der Waals surface area contributed by atoms with Gasteiger partial charge in [0.2, 0.25) is 0 Å². The Hall–Kier alpha value is -1.07. The van der Waals surface area contributed by atoms with Crippen LogP contribution in [0.2, 0.25) is 0 Å². The first-order valence-corrected chi connectivity index (χ1v) is 10.4. The largest absolute Gasteiger partial charge is 0.325 e. The molecule has 2 aliphatic heterocycles. The van der Waals surface area contributed by atoms with Crippen molar-refractivity contribution in [2.75, 3.05) is 59.4 Å². The number of carbonyl (C=O) groups excluding carboxylic acids is 1. The molecule has 150 valence electrons. The van der Waals surface area contributed by atoms with Crippen LogP contribution in [0.25, 0.3) is 0 Å². The van der Waals surface area contributed by atoms with Crippen LogP contribution in [-0.2, 0) is 0 Å². The number of likely N-dealkylation sites (N-methyl/N-ethyl adjacent to an activating group) is 1. The Balaban J connectivity index is 1.98. The summed E-state index contributed by atoms with van der Waals surface area (Å²) in [6.07, 6.45) is 5.26. The molecule has 5 heteroatoms. The molecule has 0 saturated carbocycles. The van der Waals surface area contributed by atoms with Gasteiger partial charge in [-0.3, -0.25) is 9.80 Å². The van der Waals surface area contributed by atoms with Gasteiger partial charge in [-0.15, -0.1) is 6.58 Å². The first-order valence-electron chi connectivity index (χ1n) is 10.4. The third-order valence-electron chi connectivity index (χ3n) is 6.43. The van der Waals surface area contributed by atoms with Crippen molar-refractivity contribution in [2.45, 2.75) is 52.5 Å². The SMILES string of the molecule is C=CCC(C)(C)CN1CCN(C)C2(CCN(C(=O)N(CC)CC)CC2)C1. The zero-order valence-electron chi connectivity index (χ0n) is 17.8. The zero-order chi connectivity index (χ0) is 19.4. The summed E-state index contributed by atoms with van der Waals surface area (Å²) in [7, 11) is 2.27. The molecule has 0 aromatic heterocycles. The van der Waals surface area contributed by atoms with Gasteiger partial charge in [0, 0.05) is 57.9 Å². The summed E-state index contributed by atoms with van der Waals surface area (Å²) in [5, 5.41) is 0. The van der Waals surface area contributed by atoms with E-state index in [9.17, 15) is 4.79 Å². The highest BCUT2D eigenvalue weighted by Crippen LogP contribution is 2.33. The van der Waals surface area contributed by atoms with Gasteiger partial charge in [0.25, 0.3) is 0 Å². The van der Waals surface area contributed by atoms with Crippen LogP contribution in [0.15, 0.2) is 12.7 Å². The van der Waals surface area contributed by atoms with Gasteiger partial charge in [-0.05, 0) is 45.6 Å². The molecule has 0 aromatic carbocycles. The van der Waals surface area contributed by atoms with Crippen molar-refractivity contribution >= 4 is 6.03 Å². The van der Waals surface area contributed by atoms with E-state index in [1.807, 2.05) is 11.0 Å². The standard InChI is InChI=1S/C21H40N4O/c1-7-10-20(4,5)17-23-16-15-22(6)21(18-23)11-13-25(14-12-21)19(26)24(8-2)9-3/h7H,1,8-18H2,2-6H3.